The maximum Gasteiger partial charge on any atom is 0.326 e. The fraction of sp³-hybridized carbons (Fsp3) is 0.467. The van der Waals surface area contributed by atoms with Gasteiger partial charge in [0.25, 0.3) is 0 Å². The fourth-order valence-electron chi connectivity index (χ4n) is 2.66. The largest absolute Gasteiger partial charge is 0.480 e. The molecule has 1 aromatic rings. The lowest BCUT2D eigenvalue weighted by Gasteiger charge is -2.21. The molecule has 1 amide bonds. The minimum Gasteiger partial charge on any atom is -0.480 e. The van der Waals surface area contributed by atoms with Gasteiger partial charge in [0, 0.05) is 13.1 Å². The Labute approximate surface area is 135 Å². The molecule has 1 aromatic carbocycles. The molecule has 1 fully saturated rings. The molecular formula is C15H20N2O5S. The predicted octanol–water partition coefficient (Wildman–Crippen LogP) is 0.603. The number of aliphatic carboxylic acids is 1. The van der Waals surface area contributed by atoms with E-state index in [0.29, 0.717) is 31.5 Å². The highest BCUT2D eigenvalue weighted by Gasteiger charge is 2.33. The Bertz CT molecular complexity index is 684. The van der Waals surface area contributed by atoms with Crippen LogP contribution in [-0.2, 0) is 26.0 Å². The summed E-state index contributed by atoms with van der Waals surface area (Å²) in [6.45, 7) is 2.44. The van der Waals surface area contributed by atoms with Crippen molar-refractivity contribution in [2.45, 2.75) is 37.1 Å². The van der Waals surface area contributed by atoms with Crippen molar-refractivity contribution in [1.29, 1.82) is 0 Å². The molecule has 0 radical (unpaired) electrons. The number of carboxylic acid groups (broad SMARTS) is 1. The van der Waals surface area contributed by atoms with Crippen molar-refractivity contribution >= 4 is 21.9 Å². The zero-order valence-corrected chi connectivity index (χ0v) is 13.7. The van der Waals surface area contributed by atoms with Crippen LogP contribution in [0.25, 0.3) is 0 Å². The van der Waals surface area contributed by atoms with Crippen LogP contribution in [0.1, 0.15) is 25.3 Å². The summed E-state index contributed by atoms with van der Waals surface area (Å²) in [6.07, 6.45) is 1.22. The van der Waals surface area contributed by atoms with E-state index in [1.54, 1.807) is 19.1 Å². The molecule has 23 heavy (non-hydrogen) atoms. The van der Waals surface area contributed by atoms with Crippen LogP contribution in [0.4, 0.5) is 0 Å². The number of nitrogens with zero attached hydrogens (tertiary/aromatic N) is 1. The van der Waals surface area contributed by atoms with Crippen LogP contribution in [0, 0.1) is 0 Å². The molecule has 1 aliphatic rings. The highest BCUT2D eigenvalue weighted by atomic mass is 32.2. The van der Waals surface area contributed by atoms with E-state index in [4.69, 9.17) is 5.11 Å². The second-order valence-corrected chi connectivity index (χ2v) is 7.17. The first kappa shape index (κ1) is 17.4. The molecule has 1 aliphatic heterocycles. The quantitative estimate of drug-likeness (QED) is 0.789. The van der Waals surface area contributed by atoms with E-state index in [-0.39, 0.29) is 17.2 Å². The lowest BCUT2D eigenvalue weighted by Crippen LogP contribution is -2.41. The lowest BCUT2D eigenvalue weighted by atomic mass is 10.1. The molecule has 1 unspecified atom stereocenters. The van der Waals surface area contributed by atoms with Gasteiger partial charge in [0.15, 0.2) is 0 Å². The van der Waals surface area contributed by atoms with Gasteiger partial charge in [0.2, 0.25) is 15.9 Å². The van der Waals surface area contributed by atoms with E-state index in [1.165, 1.54) is 17.0 Å². The Morgan fingerprint density at radius 3 is 2.52 bits per heavy atom. The number of rotatable bonds is 6. The van der Waals surface area contributed by atoms with Crippen molar-refractivity contribution in [2.75, 3.05) is 13.1 Å². The van der Waals surface area contributed by atoms with Gasteiger partial charge in [-0.2, -0.15) is 0 Å². The van der Waals surface area contributed by atoms with Gasteiger partial charge in [-0.25, -0.2) is 17.9 Å². The molecule has 0 aliphatic carbocycles. The normalized spacial score (nSPS) is 18.1. The van der Waals surface area contributed by atoms with Gasteiger partial charge >= 0.3 is 5.97 Å². The number of amides is 1. The second kappa shape index (κ2) is 7.10. The topological polar surface area (TPSA) is 104 Å². The minimum absolute atomic E-state index is 0.0608. The molecule has 1 saturated heterocycles. The zero-order valence-electron chi connectivity index (χ0n) is 12.9. The molecule has 0 spiro atoms. The van der Waals surface area contributed by atoms with Gasteiger partial charge in [-0.05, 0) is 30.5 Å². The predicted molar refractivity (Wildman–Crippen MR) is 83.4 cm³/mol. The van der Waals surface area contributed by atoms with Crippen molar-refractivity contribution in [3.05, 3.63) is 29.8 Å². The van der Waals surface area contributed by atoms with Crippen LogP contribution in [0.3, 0.4) is 0 Å². The summed E-state index contributed by atoms with van der Waals surface area (Å²) in [4.78, 5) is 24.9. The van der Waals surface area contributed by atoms with Gasteiger partial charge in [-0.1, -0.05) is 19.1 Å². The first-order chi connectivity index (χ1) is 10.8. The van der Waals surface area contributed by atoms with Crippen molar-refractivity contribution in [1.82, 2.24) is 9.62 Å². The summed E-state index contributed by atoms with van der Waals surface area (Å²) >= 11 is 0. The van der Waals surface area contributed by atoms with Crippen molar-refractivity contribution < 1.29 is 23.1 Å². The van der Waals surface area contributed by atoms with Gasteiger partial charge in [-0.15, -0.1) is 0 Å². The third kappa shape index (κ3) is 4.08. The minimum atomic E-state index is -3.51. The summed E-state index contributed by atoms with van der Waals surface area (Å²) in [7, 11) is -3.51. The van der Waals surface area contributed by atoms with E-state index in [1.807, 2.05) is 0 Å². The van der Waals surface area contributed by atoms with Crippen molar-refractivity contribution in [3.8, 4) is 0 Å². The highest BCUT2D eigenvalue weighted by molar-refractivity contribution is 7.89. The first-order valence-corrected chi connectivity index (χ1v) is 8.94. The van der Waals surface area contributed by atoms with E-state index in [2.05, 4.69) is 4.72 Å². The van der Waals surface area contributed by atoms with Crippen molar-refractivity contribution in [2.24, 2.45) is 0 Å². The smallest absolute Gasteiger partial charge is 0.326 e. The Morgan fingerprint density at radius 1 is 1.30 bits per heavy atom. The summed E-state index contributed by atoms with van der Waals surface area (Å²) in [5.74, 6) is -1.24. The summed E-state index contributed by atoms with van der Waals surface area (Å²) in [5, 5.41) is 9.11. The molecule has 1 atom stereocenters. The maximum atomic E-state index is 12.2. The number of likely N-dealkylation sites (tertiary alicyclic amines) is 1. The number of hydrogen-bond donors (Lipinski definition) is 2. The molecule has 0 aromatic heterocycles. The Kier molecular flexibility index (Phi) is 5.38. The highest BCUT2D eigenvalue weighted by Crippen LogP contribution is 2.19. The Hall–Kier alpha value is -1.93. The van der Waals surface area contributed by atoms with Gasteiger partial charge in [0.1, 0.15) is 6.04 Å². The standard InChI is InChI=1S/C15H20N2O5S/c1-2-16-23(21,22)12-7-5-11(6-8-12)10-14(18)17-9-3-4-13(17)15(19)20/h5-8,13,16H,2-4,9-10H2,1H3,(H,19,20). The number of hydrogen-bond acceptors (Lipinski definition) is 4. The zero-order chi connectivity index (χ0) is 17.0. The average Bonchev–Trinajstić information content (AvgIpc) is 2.97. The second-order valence-electron chi connectivity index (χ2n) is 5.41. The van der Waals surface area contributed by atoms with Crippen LogP contribution < -0.4 is 4.72 Å². The lowest BCUT2D eigenvalue weighted by molar-refractivity contribution is -0.148. The number of carboxylic acids is 1. The van der Waals surface area contributed by atoms with Crippen LogP contribution >= 0.6 is 0 Å². The molecular weight excluding hydrogens is 320 g/mol. The van der Waals surface area contributed by atoms with Gasteiger partial charge in [-0.3, -0.25) is 4.79 Å². The number of benzene rings is 1. The summed E-state index contributed by atoms with van der Waals surface area (Å²) in [6, 6.07) is 5.29. The molecule has 126 valence electrons. The molecule has 2 rings (SSSR count). The number of nitrogens with one attached hydrogen (secondary N) is 1. The fourth-order valence-corrected chi connectivity index (χ4v) is 3.70. The molecule has 8 heteroatoms. The SMILES string of the molecule is CCNS(=O)(=O)c1ccc(CC(=O)N2CCCC2C(=O)O)cc1. The van der Waals surface area contributed by atoms with E-state index in [9.17, 15) is 18.0 Å². The first-order valence-electron chi connectivity index (χ1n) is 7.46. The van der Waals surface area contributed by atoms with Crippen LogP contribution in [0.15, 0.2) is 29.2 Å². The summed E-state index contributed by atoms with van der Waals surface area (Å²) < 4.78 is 26.1. The number of carbonyl (C=O) groups excluding carboxylic acids is 1. The van der Waals surface area contributed by atoms with E-state index < -0.39 is 22.0 Å². The summed E-state index contributed by atoms with van der Waals surface area (Å²) in [5.41, 5.74) is 0.654. The molecule has 0 saturated carbocycles. The number of sulfonamides is 1. The van der Waals surface area contributed by atoms with Crippen molar-refractivity contribution in [3.63, 3.8) is 0 Å². The van der Waals surface area contributed by atoms with Crippen LogP contribution in [0.2, 0.25) is 0 Å². The molecule has 1 heterocycles. The number of carbonyl (C=O) groups is 2. The third-order valence-corrected chi connectivity index (χ3v) is 5.34. The molecule has 7 nitrogen and oxygen atoms in total. The van der Waals surface area contributed by atoms with Gasteiger partial charge in [0.05, 0.1) is 11.3 Å². The van der Waals surface area contributed by atoms with Crippen LogP contribution in [0.5, 0.6) is 0 Å². The third-order valence-electron chi connectivity index (χ3n) is 3.78. The van der Waals surface area contributed by atoms with Crippen LogP contribution in [-0.4, -0.2) is 49.4 Å². The molecule has 0 bridgehead atoms. The maximum absolute atomic E-state index is 12.2. The van der Waals surface area contributed by atoms with E-state index in [0.717, 1.165) is 0 Å². The average molecular weight is 340 g/mol. The molecule has 2 N–H and O–H groups in total. The monoisotopic (exact) mass is 340 g/mol. The van der Waals surface area contributed by atoms with E-state index >= 15 is 0 Å². The van der Waals surface area contributed by atoms with Gasteiger partial charge < -0.3 is 10.0 Å². The Morgan fingerprint density at radius 2 is 1.96 bits per heavy atom. The Balaban J connectivity index is 2.06.